The van der Waals surface area contributed by atoms with E-state index in [-0.39, 0.29) is 4.08 Å². The van der Waals surface area contributed by atoms with Gasteiger partial charge in [-0.3, -0.25) is 9.59 Å². The van der Waals surface area contributed by atoms with Gasteiger partial charge in [-0.05, 0) is 13.8 Å². The van der Waals surface area contributed by atoms with Crippen LogP contribution in [0.15, 0.2) is 0 Å². The standard InChI is InChI=1S/C10H16O4S2/c1-6(10(3)15-4-5-16-10)9(2,7(11)12)8(13)14/h6H,4-5H2,1-3H3,(H,11,12)(H,13,14). The van der Waals surface area contributed by atoms with Gasteiger partial charge in [0.05, 0.1) is 4.08 Å². The third-order valence-electron chi connectivity index (χ3n) is 3.40. The number of carboxylic acids is 2. The molecular weight excluding hydrogens is 248 g/mol. The summed E-state index contributed by atoms with van der Waals surface area (Å²) in [6.45, 7) is 4.95. The number of hydrogen-bond donors (Lipinski definition) is 2. The summed E-state index contributed by atoms with van der Waals surface area (Å²) in [6.07, 6.45) is 0. The van der Waals surface area contributed by atoms with Gasteiger partial charge in [-0.15, -0.1) is 23.5 Å². The van der Waals surface area contributed by atoms with E-state index in [0.717, 1.165) is 11.5 Å². The Labute approximate surface area is 103 Å². The third-order valence-corrected chi connectivity index (χ3v) is 7.04. The lowest BCUT2D eigenvalue weighted by atomic mass is 9.76. The van der Waals surface area contributed by atoms with Crippen LogP contribution in [0, 0.1) is 11.3 Å². The van der Waals surface area contributed by atoms with E-state index in [1.165, 1.54) is 6.92 Å². The molecule has 1 aliphatic rings. The van der Waals surface area contributed by atoms with Gasteiger partial charge in [0, 0.05) is 17.4 Å². The molecule has 0 aromatic rings. The van der Waals surface area contributed by atoms with Crippen LogP contribution in [-0.4, -0.2) is 37.7 Å². The molecule has 6 heteroatoms. The van der Waals surface area contributed by atoms with Crippen molar-refractivity contribution >= 4 is 35.5 Å². The molecule has 1 unspecified atom stereocenters. The molecule has 1 atom stereocenters. The number of aliphatic carboxylic acids is 2. The quantitative estimate of drug-likeness (QED) is 0.756. The Morgan fingerprint density at radius 2 is 1.62 bits per heavy atom. The monoisotopic (exact) mass is 264 g/mol. The normalized spacial score (nSPS) is 21.7. The second-order valence-corrected chi connectivity index (χ2v) is 7.60. The highest BCUT2D eigenvalue weighted by Gasteiger charge is 2.54. The Balaban J connectivity index is 3.04. The molecule has 0 aliphatic carbocycles. The van der Waals surface area contributed by atoms with Crippen LogP contribution in [0.5, 0.6) is 0 Å². The Bertz CT molecular complexity index is 296. The highest BCUT2D eigenvalue weighted by Crippen LogP contribution is 2.53. The fraction of sp³-hybridized carbons (Fsp3) is 0.800. The number of rotatable bonds is 4. The van der Waals surface area contributed by atoms with E-state index in [1.54, 1.807) is 30.4 Å². The number of carboxylic acid groups (broad SMARTS) is 2. The molecule has 1 saturated heterocycles. The topological polar surface area (TPSA) is 74.6 Å². The minimum absolute atomic E-state index is 0.328. The summed E-state index contributed by atoms with van der Waals surface area (Å²) in [5.74, 6) is -1.07. The van der Waals surface area contributed by atoms with E-state index in [9.17, 15) is 9.59 Å². The summed E-state index contributed by atoms with van der Waals surface area (Å²) in [4.78, 5) is 22.4. The van der Waals surface area contributed by atoms with Crippen molar-refractivity contribution in [3.05, 3.63) is 0 Å². The van der Waals surface area contributed by atoms with Crippen LogP contribution >= 0.6 is 23.5 Å². The van der Waals surface area contributed by atoms with Gasteiger partial charge in [0.15, 0.2) is 5.41 Å². The van der Waals surface area contributed by atoms with Crippen molar-refractivity contribution < 1.29 is 19.8 Å². The zero-order valence-electron chi connectivity index (χ0n) is 9.52. The van der Waals surface area contributed by atoms with Gasteiger partial charge < -0.3 is 10.2 Å². The lowest BCUT2D eigenvalue weighted by Gasteiger charge is -2.37. The average molecular weight is 264 g/mol. The summed E-state index contributed by atoms with van der Waals surface area (Å²) in [5.41, 5.74) is -1.72. The molecule has 0 radical (unpaired) electrons. The SMILES string of the molecule is CC(C1(C)SCCS1)C(C)(C(=O)O)C(=O)O. The van der Waals surface area contributed by atoms with Crippen LogP contribution in [0.2, 0.25) is 0 Å². The molecule has 1 rings (SSSR count). The van der Waals surface area contributed by atoms with Crippen molar-refractivity contribution in [1.29, 1.82) is 0 Å². The van der Waals surface area contributed by atoms with Crippen molar-refractivity contribution in [2.45, 2.75) is 24.9 Å². The first kappa shape index (κ1) is 13.7. The van der Waals surface area contributed by atoms with E-state index in [1.807, 2.05) is 6.92 Å². The molecule has 92 valence electrons. The highest BCUT2D eigenvalue weighted by atomic mass is 32.2. The lowest BCUT2D eigenvalue weighted by Crippen LogP contribution is -2.48. The second-order valence-electron chi connectivity index (χ2n) is 4.25. The van der Waals surface area contributed by atoms with Crippen molar-refractivity contribution in [3.8, 4) is 0 Å². The van der Waals surface area contributed by atoms with Crippen LogP contribution in [-0.2, 0) is 9.59 Å². The molecule has 1 heterocycles. The molecule has 1 aliphatic heterocycles. The first-order valence-corrected chi connectivity index (χ1v) is 6.97. The minimum atomic E-state index is -1.72. The maximum Gasteiger partial charge on any atom is 0.321 e. The molecule has 0 bridgehead atoms. The van der Waals surface area contributed by atoms with Gasteiger partial charge >= 0.3 is 11.9 Å². The maximum absolute atomic E-state index is 11.2. The highest BCUT2D eigenvalue weighted by molar-refractivity contribution is 8.21. The maximum atomic E-state index is 11.2. The molecule has 0 spiro atoms. The van der Waals surface area contributed by atoms with Crippen LogP contribution in [0.3, 0.4) is 0 Å². The summed E-state index contributed by atoms with van der Waals surface area (Å²) >= 11 is 3.30. The van der Waals surface area contributed by atoms with Crippen LogP contribution in [0.1, 0.15) is 20.8 Å². The number of carbonyl (C=O) groups is 2. The van der Waals surface area contributed by atoms with E-state index in [2.05, 4.69) is 0 Å². The summed E-state index contributed by atoms with van der Waals surface area (Å²) in [5, 5.41) is 18.3. The van der Waals surface area contributed by atoms with Crippen LogP contribution in [0.25, 0.3) is 0 Å². The smallest absolute Gasteiger partial charge is 0.321 e. The van der Waals surface area contributed by atoms with Crippen molar-refractivity contribution in [1.82, 2.24) is 0 Å². The van der Waals surface area contributed by atoms with E-state index < -0.39 is 23.3 Å². The van der Waals surface area contributed by atoms with E-state index in [4.69, 9.17) is 10.2 Å². The van der Waals surface area contributed by atoms with E-state index >= 15 is 0 Å². The molecule has 0 aromatic carbocycles. The largest absolute Gasteiger partial charge is 0.480 e. The van der Waals surface area contributed by atoms with Crippen molar-refractivity contribution in [2.75, 3.05) is 11.5 Å². The lowest BCUT2D eigenvalue weighted by molar-refractivity contribution is -0.167. The zero-order valence-corrected chi connectivity index (χ0v) is 11.2. The van der Waals surface area contributed by atoms with Gasteiger partial charge in [-0.2, -0.15) is 0 Å². The van der Waals surface area contributed by atoms with Crippen molar-refractivity contribution in [3.63, 3.8) is 0 Å². The Hall–Kier alpha value is -0.360. The van der Waals surface area contributed by atoms with Gasteiger partial charge in [-0.25, -0.2) is 0 Å². The number of hydrogen-bond acceptors (Lipinski definition) is 4. The fourth-order valence-corrected chi connectivity index (χ4v) is 5.05. The summed E-state index contributed by atoms with van der Waals surface area (Å²) in [7, 11) is 0. The van der Waals surface area contributed by atoms with E-state index in [0.29, 0.717) is 0 Å². The Morgan fingerprint density at radius 1 is 1.25 bits per heavy atom. The Morgan fingerprint density at radius 3 is 1.94 bits per heavy atom. The average Bonchev–Trinajstić information content (AvgIpc) is 2.63. The molecule has 4 nitrogen and oxygen atoms in total. The van der Waals surface area contributed by atoms with Crippen LogP contribution < -0.4 is 0 Å². The zero-order chi connectivity index (χ0) is 12.6. The molecule has 0 aromatic heterocycles. The molecule has 0 saturated carbocycles. The first-order valence-electron chi connectivity index (χ1n) is 5.00. The molecule has 1 fully saturated rings. The van der Waals surface area contributed by atoms with Crippen molar-refractivity contribution in [2.24, 2.45) is 11.3 Å². The van der Waals surface area contributed by atoms with Gasteiger partial charge in [0.25, 0.3) is 0 Å². The predicted octanol–water partition coefficient (Wildman–Crippen LogP) is 1.99. The van der Waals surface area contributed by atoms with Gasteiger partial charge in [-0.1, -0.05) is 6.92 Å². The summed E-state index contributed by atoms with van der Waals surface area (Å²) < 4.78 is -0.328. The molecule has 2 N–H and O–H groups in total. The first-order chi connectivity index (χ1) is 7.25. The fourth-order valence-electron chi connectivity index (χ4n) is 1.77. The van der Waals surface area contributed by atoms with Crippen LogP contribution in [0.4, 0.5) is 0 Å². The molecular formula is C10H16O4S2. The summed E-state index contributed by atoms with van der Waals surface area (Å²) in [6, 6.07) is 0. The minimum Gasteiger partial charge on any atom is -0.480 e. The van der Waals surface area contributed by atoms with Gasteiger partial charge in [0.2, 0.25) is 0 Å². The second kappa shape index (κ2) is 4.49. The Kier molecular flexibility index (Phi) is 3.84. The third kappa shape index (κ3) is 2.05. The number of thioether (sulfide) groups is 2. The van der Waals surface area contributed by atoms with Gasteiger partial charge in [0.1, 0.15) is 0 Å². The molecule has 16 heavy (non-hydrogen) atoms. The molecule has 0 amide bonds. The predicted molar refractivity (Wildman–Crippen MR) is 65.9 cm³/mol.